The van der Waals surface area contributed by atoms with Crippen molar-refractivity contribution in [3.05, 3.63) is 31.0 Å². The van der Waals surface area contributed by atoms with Gasteiger partial charge in [0, 0.05) is 37.7 Å². The van der Waals surface area contributed by atoms with Crippen LogP contribution in [-0.4, -0.2) is 32.7 Å². The van der Waals surface area contributed by atoms with Crippen molar-refractivity contribution < 1.29 is 4.74 Å². The van der Waals surface area contributed by atoms with Gasteiger partial charge in [0.2, 0.25) is 11.8 Å². The van der Waals surface area contributed by atoms with E-state index >= 15 is 0 Å². The van der Waals surface area contributed by atoms with Crippen molar-refractivity contribution in [3.8, 4) is 5.88 Å². The fourth-order valence-corrected chi connectivity index (χ4v) is 1.60. The van der Waals surface area contributed by atoms with E-state index in [0.717, 1.165) is 25.9 Å². The molecule has 2 aromatic heterocycles. The van der Waals surface area contributed by atoms with E-state index in [0.29, 0.717) is 18.4 Å². The molecule has 6 heteroatoms. The maximum absolute atomic E-state index is 5.46. The fraction of sp³-hybridized carbons (Fsp3) is 0.462. The normalized spacial score (nSPS) is 10.4. The molecule has 2 heterocycles. The van der Waals surface area contributed by atoms with Crippen LogP contribution in [0.4, 0.5) is 5.95 Å². The van der Waals surface area contributed by atoms with Gasteiger partial charge in [-0.05, 0) is 12.8 Å². The highest BCUT2D eigenvalue weighted by molar-refractivity contribution is 5.27. The van der Waals surface area contributed by atoms with E-state index in [1.165, 1.54) is 0 Å². The Balaban J connectivity index is 1.73. The fourth-order valence-electron chi connectivity index (χ4n) is 1.60. The molecular formula is C13H19N5O. The van der Waals surface area contributed by atoms with Crippen LogP contribution in [0.15, 0.2) is 31.0 Å². The molecule has 0 spiro atoms. The Labute approximate surface area is 112 Å². The second kappa shape index (κ2) is 7.35. The van der Waals surface area contributed by atoms with E-state index in [-0.39, 0.29) is 0 Å². The summed E-state index contributed by atoms with van der Waals surface area (Å²) in [6.07, 6.45) is 9.21. The van der Waals surface area contributed by atoms with Crippen LogP contribution < -0.4 is 10.1 Å². The molecule has 19 heavy (non-hydrogen) atoms. The summed E-state index contributed by atoms with van der Waals surface area (Å²) in [5, 5.41) is 3.19. The third-order valence-corrected chi connectivity index (χ3v) is 2.52. The lowest BCUT2D eigenvalue weighted by atomic mass is 10.4. The highest BCUT2D eigenvalue weighted by atomic mass is 16.5. The van der Waals surface area contributed by atoms with Gasteiger partial charge < -0.3 is 14.6 Å². The van der Waals surface area contributed by atoms with Crippen LogP contribution in [0, 0.1) is 0 Å². The molecule has 0 unspecified atom stereocenters. The minimum Gasteiger partial charge on any atom is -0.478 e. The molecule has 0 bridgehead atoms. The summed E-state index contributed by atoms with van der Waals surface area (Å²) in [5.74, 6) is 1.23. The maximum atomic E-state index is 5.46. The molecular weight excluding hydrogens is 242 g/mol. The minimum atomic E-state index is 0.610. The highest BCUT2D eigenvalue weighted by Crippen LogP contribution is 2.08. The summed E-state index contributed by atoms with van der Waals surface area (Å²) in [4.78, 5) is 12.4. The van der Waals surface area contributed by atoms with Gasteiger partial charge in [0.1, 0.15) is 0 Å². The van der Waals surface area contributed by atoms with Crippen molar-refractivity contribution in [2.45, 2.75) is 26.3 Å². The van der Waals surface area contributed by atoms with E-state index in [9.17, 15) is 0 Å². The number of aromatic nitrogens is 4. The number of ether oxygens (including phenoxy) is 1. The van der Waals surface area contributed by atoms with Crippen molar-refractivity contribution in [1.82, 2.24) is 19.5 Å². The molecule has 0 saturated heterocycles. The Morgan fingerprint density at radius 3 is 3.11 bits per heavy atom. The van der Waals surface area contributed by atoms with E-state index in [4.69, 9.17) is 4.74 Å². The van der Waals surface area contributed by atoms with E-state index in [1.807, 2.05) is 17.1 Å². The zero-order chi connectivity index (χ0) is 13.3. The molecule has 2 aromatic rings. The minimum absolute atomic E-state index is 0.610. The quantitative estimate of drug-likeness (QED) is 0.736. The molecule has 0 fully saturated rings. The van der Waals surface area contributed by atoms with E-state index < -0.39 is 0 Å². The van der Waals surface area contributed by atoms with Crippen LogP contribution in [0.3, 0.4) is 0 Å². The maximum Gasteiger partial charge on any atom is 0.225 e. The van der Waals surface area contributed by atoms with E-state index in [1.54, 1.807) is 18.5 Å². The predicted octanol–water partition coefficient (Wildman–Crippen LogP) is 1.96. The number of hydrogen-bond donors (Lipinski definition) is 1. The Morgan fingerprint density at radius 1 is 1.37 bits per heavy atom. The monoisotopic (exact) mass is 261 g/mol. The third kappa shape index (κ3) is 4.57. The molecule has 0 atom stereocenters. The van der Waals surface area contributed by atoms with Crippen LogP contribution in [0.1, 0.15) is 19.8 Å². The van der Waals surface area contributed by atoms with Gasteiger partial charge in [-0.15, -0.1) is 0 Å². The second-order valence-corrected chi connectivity index (χ2v) is 4.15. The summed E-state index contributed by atoms with van der Waals surface area (Å²) in [5.41, 5.74) is 0. The molecule has 102 valence electrons. The zero-order valence-electron chi connectivity index (χ0n) is 11.1. The van der Waals surface area contributed by atoms with Gasteiger partial charge in [0.05, 0.1) is 12.9 Å². The molecule has 2 rings (SSSR count). The first-order chi connectivity index (χ1) is 9.38. The lowest BCUT2D eigenvalue weighted by molar-refractivity contribution is 0.305. The summed E-state index contributed by atoms with van der Waals surface area (Å²) in [6, 6.07) is 1.77. The van der Waals surface area contributed by atoms with Crippen LogP contribution in [-0.2, 0) is 6.54 Å². The summed E-state index contributed by atoms with van der Waals surface area (Å²) < 4.78 is 7.50. The Kier molecular flexibility index (Phi) is 5.16. The van der Waals surface area contributed by atoms with Crippen LogP contribution in [0.25, 0.3) is 0 Å². The highest BCUT2D eigenvalue weighted by Gasteiger charge is 1.99. The smallest absolute Gasteiger partial charge is 0.225 e. The number of anilines is 1. The van der Waals surface area contributed by atoms with Crippen LogP contribution in [0.2, 0.25) is 0 Å². The average molecular weight is 261 g/mol. The molecule has 0 radical (unpaired) electrons. The Bertz CT molecular complexity index is 472. The van der Waals surface area contributed by atoms with Crippen molar-refractivity contribution in [3.63, 3.8) is 0 Å². The standard InChI is InChI=1S/C13H19N5O/c1-2-10-19-12-4-6-16-13(17-12)15-5-3-8-18-9-7-14-11-18/h4,6-7,9,11H,2-3,5,8,10H2,1H3,(H,15,16,17). The third-order valence-electron chi connectivity index (χ3n) is 2.52. The van der Waals surface area contributed by atoms with Gasteiger partial charge in [-0.25, -0.2) is 9.97 Å². The number of rotatable bonds is 8. The second-order valence-electron chi connectivity index (χ2n) is 4.15. The lowest BCUT2D eigenvalue weighted by Gasteiger charge is -2.07. The zero-order valence-corrected chi connectivity index (χ0v) is 11.1. The Hall–Kier alpha value is -2.11. The van der Waals surface area contributed by atoms with Gasteiger partial charge in [-0.2, -0.15) is 4.98 Å². The first-order valence-electron chi connectivity index (χ1n) is 6.54. The average Bonchev–Trinajstić information content (AvgIpc) is 2.95. The van der Waals surface area contributed by atoms with Crippen molar-refractivity contribution in [2.24, 2.45) is 0 Å². The summed E-state index contributed by atoms with van der Waals surface area (Å²) in [7, 11) is 0. The SMILES string of the molecule is CCCOc1ccnc(NCCCn2ccnc2)n1. The molecule has 0 aliphatic heterocycles. The van der Waals surface area contributed by atoms with Crippen molar-refractivity contribution >= 4 is 5.95 Å². The molecule has 1 N–H and O–H groups in total. The molecule has 0 aromatic carbocycles. The predicted molar refractivity (Wildman–Crippen MR) is 73.2 cm³/mol. The number of nitrogens with one attached hydrogen (secondary N) is 1. The van der Waals surface area contributed by atoms with Gasteiger partial charge in [0.25, 0.3) is 0 Å². The number of hydrogen-bond acceptors (Lipinski definition) is 5. The number of imidazole rings is 1. The largest absolute Gasteiger partial charge is 0.478 e. The van der Waals surface area contributed by atoms with Crippen LogP contribution in [0.5, 0.6) is 5.88 Å². The van der Waals surface area contributed by atoms with Crippen molar-refractivity contribution in [1.29, 1.82) is 0 Å². The molecule has 0 aliphatic rings. The van der Waals surface area contributed by atoms with Gasteiger partial charge in [-0.3, -0.25) is 0 Å². The van der Waals surface area contributed by atoms with Gasteiger partial charge in [-0.1, -0.05) is 6.92 Å². The number of aryl methyl sites for hydroxylation is 1. The number of nitrogens with zero attached hydrogens (tertiary/aromatic N) is 4. The lowest BCUT2D eigenvalue weighted by Crippen LogP contribution is -2.09. The van der Waals surface area contributed by atoms with E-state index in [2.05, 4.69) is 27.2 Å². The first kappa shape index (κ1) is 13.3. The van der Waals surface area contributed by atoms with Gasteiger partial charge >= 0.3 is 0 Å². The molecule has 6 nitrogen and oxygen atoms in total. The van der Waals surface area contributed by atoms with Crippen molar-refractivity contribution in [2.75, 3.05) is 18.5 Å². The summed E-state index contributed by atoms with van der Waals surface area (Å²) in [6.45, 7) is 4.49. The molecule has 0 aliphatic carbocycles. The first-order valence-corrected chi connectivity index (χ1v) is 6.54. The topological polar surface area (TPSA) is 64.9 Å². The summed E-state index contributed by atoms with van der Waals surface area (Å²) >= 11 is 0. The van der Waals surface area contributed by atoms with Crippen LogP contribution >= 0.6 is 0 Å². The Morgan fingerprint density at radius 2 is 2.32 bits per heavy atom. The molecule has 0 amide bonds. The van der Waals surface area contributed by atoms with Gasteiger partial charge in [0.15, 0.2) is 0 Å². The molecule has 0 saturated carbocycles.